The third-order valence-corrected chi connectivity index (χ3v) is 24.2. The number of hydrazone groups is 1. The van der Waals surface area contributed by atoms with Crippen molar-refractivity contribution in [2.45, 2.75) is 162 Å². The van der Waals surface area contributed by atoms with Crippen LogP contribution in [0.3, 0.4) is 0 Å². The van der Waals surface area contributed by atoms with Crippen molar-refractivity contribution in [3.05, 3.63) is 101 Å². The Morgan fingerprint density at radius 3 is 2.18 bits per heavy atom. The molecule has 32 heteroatoms. The maximum absolute atomic E-state index is 15.7. The molecule has 4 fully saturated rings. The Balaban J connectivity index is 0.825. The molecule has 31 nitrogen and oxygen atoms in total. The zero-order valence-corrected chi connectivity index (χ0v) is 60.5. The van der Waals surface area contributed by atoms with E-state index >= 15 is 9.59 Å². The number of carbonyl (C=O) groups is 10. The lowest BCUT2D eigenvalue weighted by molar-refractivity contribution is -0.203. The van der Waals surface area contributed by atoms with Gasteiger partial charge in [0, 0.05) is 109 Å². The van der Waals surface area contributed by atoms with Crippen LogP contribution in [0.15, 0.2) is 77.9 Å². The number of carboxylic acids is 3. The quantitative estimate of drug-likeness (QED) is 0.00766. The van der Waals surface area contributed by atoms with Crippen LogP contribution in [0.2, 0.25) is 0 Å². The van der Waals surface area contributed by atoms with E-state index in [-0.39, 0.29) is 42.7 Å². The predicted octanol–water partition coefficient (Wildman–Crippen LogP) is 1.54. The van der Waals surface area contributed by atoms with E-state index < -0.39 is 159 Å². The summed E-state index contributed by atoms with van der Waals surface area (Å²) in [5.74, 6) is -12.5. The number of nitrogens with one attached hydrogen (secondary N) is 7. The average molecular weight is 1470 g/mol. The topological polar surface area (TPSA) is 462 Å². The fourth-order valence-electron chi connectivity index (χ4n) is 18.0. The predicted molar refractivity (Wildman–Crippen MR) is 385 cm³/mol. The minimum Gasteiger partial charge on any atom is -0.496 e. The van der Waals surface area contributed by atoms with Crippen molar-refractivity contribution in [3.8, 4) is 5.75 Å². The van der Waals surface area contributed by atoms with E-state index in [9.17, 15) is 69.0 Å². The van der Waals surface area contributed by atoms with Crippen LogP contribution >= 0.6 is 11.8 Å². The highest BCUT2D eigenvalue weighted by Crippen LogP contribution is 2.68. The lowest BCUT2D eigenvalue weighted by Gasteiger charge is -2.63. The Morgan fingerprint density at radius 1 is 0.867 bits per heavy atom. The van der Waals surface area contributed by atoms with Gasteiger partial charge in [-0.15, -0.1) is 11.8 Å². The number of piperidine rings is 1. The van der Waals surface area contributed by atoms with Gasteiger partial charge >= 0.3 is 23.9 Å². The summed E-state index contributed by atoms with van der Waals surface area (Å²) in [5.41, 5.74) is 5.43. The van der Waals surface area contributed by atoms with Gasteiger partial charge in [0.05, 0.1) is 55.4 Å². The first-order chi connectivity index (χ1) is 49.9. The summed E-state index contributed by atoms with van der Waals surface area (Å²) >= 11 is 0.713. The highest BCUT2D eigenvalue weighted by molar-refractivity contribution is 8.00. The summed E-state index contributed by atoms with van der Waals surface area (Å²) in [4.78, 5) is 146. The second-order valence-electron chi connectivity index (χ2n) is 29.0. The van der Waals surface area contributed by atoms with Gasteiger partial charge in [-0.1, -0.05) is 63.3 Å². The minimum absolute atomic E-state index is 0.116. The summed E-state index contributed by atoms with van der Waals surface area (Å²) in [6, 6.07) is 10.6. The number of ether oxygens (including phenoxy) is 2. The van der Waals surface area contributed by atoms with Crippen molar-refractivity contribution in [2.75, 3.05) is 76.1 Å². The van der Waals surface area contributed by atoms with Crippen molar-refractivity contribution in [2.24, 2.45) is 28.1 Å². The van der Waals surface area contributed by atoms with E-state index in [1.165, 1.54) is 38.3 Å². The van der Waals surface area contributed by atoms with E-state index in [1.807, 2.05) is 67.3 Å². The van der Waals surface area contributed by atoms with Gasteiger partial charge in [0.2, 0.25) is 29.5 Å². The van der Waals surface area contributed by atoms with Gasteiger partial charge < -0.3 is 77.0 Å². The monoisotopic (exact) mass is 1470 g/mol. The van der Waals surface area contributed by atoms with Crippen LogP contribution in [0.1, 0.15) is 120 Å². The molecule has 1 aromatic heterocycles. The molecule has 0 radical (unpaired) electrons. The fraction of sp³-hybridized carbons (Fsp3) is 0.534. The number of methoxy groups -OCH3 is 2. The Labute approximate surface area is 609 Å². The SMILES string of the molecule is CC[C@]1(O)C[C@H]2CN(CCc3c([nH]c4ccccc34)[C@@](C(=O)OC)(c3cc4c(cc3OC)N(C)[C@@H]3[C@]45CCN4CC=C[C@@](CC)(C(O)[C@]3(O)C(=O)N/N=C(\C)c3ccc(N6C(=O)CC(SC[C@H](NC(=O)[C@H](CC(=O)O)NC(=O)[C@H](CC(=O)O)NC(=O)[C@@H](C)CCCNC(=N)N)C(=O)O)C6=O)cc3)[C@H]45)C2)C1. The normalized spacial score (nSPS) is 28.6. The van der Waals surface area contributed by atoms with Gasteiger partial charge in [-0.2, -0.15) is 5.10 Å². The van der Waals surface area contributed by atoms with Crippen LogP contribution in [0.5, 0.6) is 5.75 Å². The van der Waals surface area contributed by atoms with Gasteiger partial charge in [-0.25, -0.2) is 15.1 Å². The molecule has 11 rings (SSSR count). The van der Waals surface area contributed by atoms with E-state index in [2.05, 4.69) is 46.6 Å². The van der Waals surface area contributed by atoms with Crippen molar-refractivity contribution < 1.29 is 88.1 Å². The number of esters is 1. The van der Waals surface area contributed by atoms with Crippen LogP contribution in [0, 0.1) is 22.7 Å². The molecule has 3 saturated heterocycles. The average Bonchev–Trinajstić information content (AvgIpc) is 1.49. The molecule has 3 unspecified atom stereocenters. The zero-order chi connectivity index (χ0) is 76.0. The molecule has 7 heterocycles. The van der Waals surface area contributed by atoms with Crippen LogP contribution in [0.4, 0.5) is 11.4 Å². The Morgan fingerprint density at radius 2 is 1.54 bits per heavy atom. The summed E-state index contributed by atoms with van der Waals surface area (Å²) in [7, 11) is 4.70. The van der Waals surface area contributed by atoms with Crippen LogP contribution < -0.4 is 47.0 Å². The number of aliphatic carboxylic acids is 3. The number of H-pyrrole nitrogens is 1. The number of aliphatic hydroxyl groups is 3. The lowest BCUT2D eigenvalue weighted by atomic mass is 9.47. The molecule has 1 aliphatic carbocycles. The highest BCUT2D eigenvalue weighted by atomic mass is 32.2. The third kappa shape index (κ3) is 13.9. The van der Waals surface area contributed by atoms with Crippen LogP contribution in [-0.4, -0.2) is 235 Å². The number of guanidine groups is 1. The molecule has 15 atom stereocenters. The number of anilines is 2. The second-order valence-corrected chi connectivity index (χ2v) is 30.2. The zero-order valence-electron chi connectivity index (χ0n) is 59.7. The number of thioether (sulfide) groups is 1. The van der Waals surface area contributed by atoms with Gasteiger partial charge in [-0.3, -0.25) is 58.4 Å². The number of nitrogens with zero attached hydrogens (tertiary/aromatic N) is 5. The molecule has 1 saturated carbocycles. The number of amides is 6. The number of fused-ring (bicyclic) bond motifs is 6. The summed E-state index contributed by atoms with van der Waals surface area (Å²) in [6.07, 6.45) is 2.74. The molecule has 564 valence electrons. The number of imide groups is 1. The summed E-state index contributed by atoms with van der Waals surface area (Å²) in [6.45, 7) is 10.0. The molecule has 4 aromatic rings. The van der Waals surface area contributed by atoms with Crippen molar-refractivity contribution in [1.82, 2.24) is 41.5 Å². The lowest BCUT2D eigenvalue weighted by Crippen LogP contribution is -2.81. The van der Waals surface area contributed by atoms with Gasteiger partial charge in [0.25, 0.3) is 5.91 Å². The Bertz CT molecular complexity index is 4210. The summed E-state index contributed by atoms with van der Waals surface area (Å²) in [5, 5.41) is 89.3. The maximum atomic E-state index is 15.7. The molecule has 7 aliphatic rings. The second kappa shape index (κ2) is 30.2. The number of rotatable bonds is 27. The first-order valence-corrected chi connectivity index (χ1v) is 36.4. The molecule has 6 aliphatic heterocycles. The number of carbonyl (C=O) groups excluding carboxylic acids is 7. The molecule has 1 spiro atoms. The number of aromatic amines is 1. The van der Waals surface area contributed by atoms with Crippen molar-refractivity contribution >= 4 is 105 Å². The molecule has 15 N–H and O–H groups in total. The Kier molecular flexibility index (Phi) is 22.0. The van der Waals surface area contributed by atoms with Crippen molar-refractivity contribution in [1.29, 1.82) is 5.41 Å². The number of para-hydroxylation sites is 1. The first-order valence-electron chi connectivity index (χ1n) is 35.4. The van der Waals surface area contributed by atoms with Gasteiger partial charge in [-0.05, 0) is 112 Å². The molecular formula is C73H93N13O18S. The van der Waals surface area contributed by atoms with E-state index in [0.29, 0.717) is 111 Å². The van der Waals surface area contributed by atoms with E-state index in [1.54, 1.807) is 21.1 Å². The highest BCUT2D eigenvalue weighted by Gasteiger charge is 2.79. The first kappa shape index (κ1) is 76.7. The van der Waals surface area contributed by atoms with Gasteiger partial charge in [0.1, 0.15) is 35.4 Å². The molecule has 2 bridgehead atoms. The van der Waals surface area contributed by atoms with Crippen LogP contribution in [0.25, 0.3) is 10.9 Å². The number of benzene rings is 3. The number of aromatic nitrogens is 1. The van der Waals surface area contributed by atoms with Gasteiger partial charge in [0.15, 0.2) is 11.6 Å². The molecule has 3 aromatic carbocycles. The number of nitrogens with two attached hydrogens (primary N) is 1. The maximum Gasteiger partial charge on any atom is 0.327 e. The molecular weight excluding hydrogens is 1380 g/mol. The number of likely N-dealkylation sites (N-methyl/N-ethyl adjacent to an activating group) is 1. The van der Waals surface area contributed by atoms with Crippen molar-refractivity contribution in [3.63, 3.8) is 0 Å². The van der Waals surface area contributed by atoms with E-state index in [4.69, 9.17) is 20.6 Å². The number of aliphatic hydroxyl groups excluding tert-OH is 1. The molecule has 6 amide bonds. The smallest absolute Gasteiger partial charge is 0.327 e. The number of hydrogen-bond acceptors (Lipinski definition) is 21. The largest absolute Gasteiger partial charge is 0.496 e. The minimum atomic E-state index is -2.60. The Hall–Kier alpha value is -9.47. The number of hydrogen-bond donors (Lipinski definition) is 14. The third-order valence-electron chi connectivity index (χ3n) is 22.9. The molecule has 105 heavy (non-hydrogen) atoms. The van der Waals surface area contributed by atoms with Crippen LogP contribution in [-0.2, 0) is 69.9 Å². The standard InChI is InChI=1S/C73H93N13O18S/c1-8-69(101)33-40-34-72(67(100)104-7,57-44(21-26-84(35-40)37-69)43-15-10-11-16-47(43)77-57)46-28-45-51(31-52(46)103-6)83(5)64-71(45)23-27-85-25-13-22-70(9-2,63(71)85)65(98)73(64,102)66(99)82-81-39(4)41-17-19-42(20-18-41)86-54(87)32-53(61(86)95)105-36-50(62(96)97)80-60(94)49(30-56(90)91)79-59(93)48(29-55(88)89)78-58(92)38(3)14-12-24-76-68(74)75/h10-11,13,15-20,22,28,31,38,40,48-50,53,63-65,77,98,101-102H,8-9,12,14,21,23-27,29-30,32-37H2,1-7H3,(H,78,92)(H,79,93)(H,80,94)(H,82,99)(H,88,89)(H,90,91)(H,96,97)(H4,74,75,76)/b81-39+/t38-,40+,48-,49-,50-,53?,63-,64+,65?,69-,70+,71+,72-,73-/m0/s1. The van der Waals surface area contributed by atoms with E-state index in [0.717, 1.165) is 26.9 Å². The fourth-order valence-corrected chi connectivity index (χ4v) is 19.1. The number of carboxylic acid groups (broad SMARTS) is 3. The summed E-state index contributed by atoms with van der Waals surface area (Å²) < 4.78 is 12.5.